The van der Waals surface area contributed by atoms with Gasteiger partial charge in [-0.3, -0.25) is 14.5 Å². The van der Waals surface area contributed by atoms with E-state index in [2.05, 4.69) is 4.98 Å². The van der Waals surface area contributed by atoms with Crippen molar-refractivity contribution in [3.63, 3.8) is 0 Å². The van der Waals surface area contributed by atoms with Gasteiger partial charge in [0, 0.05) is 22.6 Å². The maximum absolute atomic E-state index is 13.5. The molecule has 1 aromatic heterocycles. The van der Waals surface area contributed by atoms with Crippen molar-refractivity contribution in [1.29, 1.82) is 0 Å². The fourth-order valence-corrected chi connectivity index (χ4v) is 5.04. The smallest absolute Gasteiger partial charge is 0.266 e. The quantitative estimate of drug-likeness (QED) is 0.405. The van der Waals surface area contributed by atoms with E-state index < -0.39 is 0 Å². The molecule has 0 spiro atoms. The van der Waals surface area contributed by atoms with E-state index in [1.54, 1.807) is 36.4 Å². The normalized spacial score (nSPS) is 15.9. The largest absolute Gasteiger partial charge is 0.335 e. The van der Waals surface area contributed by atoms with Crippen LogP contribution in [0.4, 0.5) is 10.8 Å². The minimum atomic E-state index is -0.383. The summed E-state index contributed by atoms with van der Waals surface area (Å²) in [4.78, 5) is 34.6. The molecule has 2 aromatic carbocycles. The lowest BCUT2D eigenvalue weighted by atomic mass is 10.2. The third-order valence-electron chi connectivity index (χ3n) is 5.16. The minimum Gasteiger partial charge on any atom is -0.335 e. The third-order valence-corrected chi connectivity index (χ3v) is 6.93. The average Bonchev–Trinajstić information content (AvgIpc) is 3.38. The molecule has 0 N–H and O–H groups in total. The van der Waals surface area contributed by atoms with Crippen LogP contribution >= 0.6 is 46.1 Å². The van der Waals surface area contributed by atoms with E-state index >= 15 is 0 Å². The molecule has 1 unspecified atom stereocenters. The van der Waals surface area contributed by atoms with Crippen LogP contribution in [0.2, 0.25) is 15.1 Å². The highest BCUT2D eigenvalue weighted by Crippen LogP contribution is 2.35. The zero-order valence-electron chi connectivity index (χ0n) is 16.5. The van der Waals surface area contributed by atoms with E-state index in [9.17, 15) is 9.59 Å². The number of nitrogens with zero attached hydrogens (tertiary/aromatic N) is 3. The Labute approximate surface area is 199 Å². The fourth-order valence-electron chi connectivity index (χ4n) is 3.53. The van der Waals surface area contributed by atoms with Crippen molar-refractivity contribution >= 4 is 68.8 Å². The lowest BCUT2D eigenvalue weighted by Crippen LogP contribution is -2.33. The second-order valence-corrected chi connectivity index (χ2v) is 9.53. The van der Waals surface area contributed by atoms with E-state index in [1.165, 1.54) is 28.5 Å². The van der Waals surface area contributed by atoms with Gasteiger partial charge in [-0.2, -0.15) is 0 Å². The number of rotatable bonds is 4. The number of hydrogen-bond acceptors (Lipinski definition) is 4. The molecule has 9 heteroatoms. The highest BCUT2D eigenvalue weighted by atomic mass is 35.5. The molecule has 5 nitrogen and oxygen atoms in total. The second kappa shape index (κ2) is 9.17. The molecule has 1 aliphatic rings. The molecule has 1 fully saturated rings. The number of thiazole rings is 1. The number of anilines is 2. The third kappa shape index (κ3) is 4.58. The number of carbonyl (C=O) groups excluding carboxylic acids is 2. The van der Waals surface area contributed by atoms with Gasteiger partial charge < -0.3 is 4.90 Å². The van der Waals surface area contributed by atoms with E-state index in [-0.39, 0.29) is 28.4 Å². The predicted octanol–water partition coefficient (Wildman–Crippen LogP) is 6.71. The van der Waals surface area contributed by atoms with Crippen molar-refractivity contribution in [1.82, 2.24) is 9.88 Å². The molecule has 0 bridgehead atoms. The van der Waals surface area contributed by atoms with Crippen molar-refractivity contribution in [3.05, 3.63) is 74.2 Å². The first-order valence-corrected chi connectivity index (χ1v) is 11.6. The Morgan fingerprint density at radius 3 is 2.45 bits per heavy atom. The van der Waals surface area contributed by atoms with Crippen LogP contribution in [-0.2, 0) is 0 Å². The molecule has 4 rings (SSSR count). The monoisotopic (exact) mass is 493 g/mol. The number of benzene rings is 2. The van der Waals surface area contributed by atoms with E-state index in [4.69, 9.17) is 34.8 Å². The van der Waals surface area contributed by atoms with Crippen LogP contribution < -0.4 is 4.90 Å². The first kappa shape index (κ1) is 22.1. The molecule has 1 aliphatic heterocycles. The van der Waals surface area contributed by atoms with Crippen molar-refractivity contribution < 1.29 is 9.59 Å². The highest BCUT2D eigenvalue weighted by Gasteiger charge is 2.30. The van der Waals surface area contributed by atoms with Gasteiger partial charge in [-0.25, -0.2) is 4.98 Å². The molecule has 1 atom stereocenters. The molecule has 2 amide bonds. The summed E-state index contributed by atoms with van der Waals surface area (Å²) in [5, 5.41) is 1.57. The first-order chi connectivity index (χ1) is 14.8. The fraction of sp³-hybridized carbons (Fsp3) is 0.227. The Hall–Kier alpha value is -2.12. The van der Waals surface area contributed by atoms with E-state index in [0.29, 0.717) is 25.7 Å². The zero-order chi connectivity index (χ0) is 22.1. The van der Waals surface area contributed by atoms with Crippen molar-refractivity contribution in [2.24, 2.45) is 0 Å². The molecule has 160 valence electrons. The van der Waals surface area contributed by atoms with Crippen molar-refractivity contribution in [2.45, 2.75) is 25.8 Å². The Morgan fingerprint density at radius 2 is 1.81 bits per heavy atom. The molecular formula is C22H18Cl3N3O2S. The maximum Gasteiger partial charge on any atom is 0.266 e. The average molecular weight is 495 g/mol. The summed E-state index contributed by atoms with van der Waals surface area (Å²) in [6, 6.07) is 11.7. The van der Waals surface area contributed by atoms with E-state index in [0.717, 1.165) is 19.4 Å². The lowest BCUT2D eigenvalue weighted by Gasteiger charge is -2.21. The summed E-state index contributed by atoms with van der Waals surface area (Å²) in [6.07, 6.45) is 3.50. The van der Waals surface area contributed by atoms with Crippen LogP contribution in [0.15, 0.2) is 48.7 Å². The zero-order valence-corrected chi connectivity index (χ0v) is 19.6. The lowest BCUT2D eigenvalue weighted by molar-refractivity contribution is 0.0752. The summed E-state index contributed by atoms with van der Waals surface area (Å²) in [5.41, 5.74) is 0.834. The van der Waals surface area contributed by atoms with Crippen molar-refractivity contribution in [2.75, 3.05) is 11.4 Å². The van der Waals surface area contributed by atoms with Gasteiger partial charge in [0.25, 0.3) is 11.8 Å². The Morgan fingerprint density at radius 1 is 1.10 bits per heavy atom. The van der Waals surface area contributed by atoms with E-state index in [1.807, 2.05) is 11.8 Å². The molecule has 1 saturated heterocycles. The summed E-state index contributed by atoms with van der Waals surface area (Å²) < 4.78 is 0. The van der Waals surface area contributed by atoms with Crippen molar-refractivity contribution in [3.8, 4) is 0 Å². The molecule has 0 aliphatic carbocycles. The van der Waals surface area contributed by atoms with Gasteiger partial charge in [0.2, 0.25) is 0 Å². The van der Waals surface area contributed by atoms with Gasteiger partial charge in [-0.05, 0) is 62.2 Å². The summed E-state index contributed by atoms with van der Waals surface area (Å²) in [5.74, 6) is -0.450. The standard InChI is InChI=1S/C22H18Cl3N3O2S/c1-13-3-2-10-27(13)21(30)19-12-26-22(31-19)28(16-7-4-14(23)5-8-16)20(29)17-9-6-15(24)11-18(17)25/h4-9,11-13H,2-3,10H2,1H3. The van der Waals surface area contributed by atoms with Gasteiger partial charge >= 0.3 is 0 Å². The number of halogens is 3. The van der Waals surface area contributed by atoms with Crippen LogP contribution in [0.3, 0.4) is 0 Å². The highest BCUT2D eigenvalue weighted by molar-refractivity contribution is 7.17. The van der Waals surface area contributed by atoms with Crippen LogP contribution in [0.25, 0.3) is 0 Å². The second-order valence-electron chi connectivity index (χ2n) is 7.24. The molecule has 2 heterocycles. The molecular weight excluding hydrogens is 477 g/mol. The number of hydrogen-bond donors (Lipinski definition) is 0. The number of carbonyl (C=O) groups is 2. The van der Waals surface area contributed by atoms with Gasteiger partial charge in [0.05, 0.1) is 22.5 Å². The van der Waals surface area contributed by atoms with Gasteiger partial charge in [0.1, 0.15) is 4.88 Å². The van der Waals surface area contributed by atoms with Gasteiger partial charge in [0.15, 0.2) is 5.13 Å². The Kier molecular flexibility index (Phi) is 6.53. The number of amides is 2. The summed E-state index contributed by atoms with van der Waals surface area (Å²) in [6.45, 7) is 2.77. The Balaban J connectivity index is 1.73. The first-order valence-electron chi connectivity index (χ1n) is 9.67. The topological polar surface area (TPSA) is 53.5 Å². The van der Waals surface area contributed by atoms with Crippen LogP contribution in [0, 0.1) is 0 Å². The molecule has 3 aromatic rings. The predicted molar refractivity (Wildman–Crippen MR) is 126 cm³/mol. The minimum absolute atomic E-state index is 0.0678. The summed E-state index contributed by atoms with van der Waals surface area (Å²) >= 11 is 19.5. The summed E-state index contributed by atoms with van der Waals surface area (Å²) in [7, 11) is 0. The molecule has 0 radical (unpaired) electrons. The van der Waals surface area contributed by atoms with Crippen LogP contribution in [-0.4, -0.2) is 34.3 Å². The Bertz CT molecular complexity index is 1130. The SMILES string of the molecule is CC1CCCN1C(=O)c1cnc(N(C(=O)c2ccc(Cl)cc2Cl)c2ccc(Cl)cc2)s1. The molecule has 0 saturated carbocycles. The number of aromatic nitrogens is 1. The molecule has 31 heavy (non-hydrogen) atoms. The van der Waals surface area contributed by atoms with Crippen LogP contribution in [0.5, 0.6) is 0 Å². The van der Waals surface area contributed by atoms with Gasteiger partial charge in [-0.1, -0.05) is 46.1 Å². The van der Waals surface area contributed by atoms with Crippen LogP contribution in [0.1, 0.15) is 39.8 Å². The van der Waals surface area contributed by atoms with Gasteiger partial charge in [-0.15, -0.1) is 0 Å². The number of likely N-dealkylation sites (tertiary alicyclic amines) is 1. The maximum atomic E-state index is 13.5.